The fourth-order valence-corrected chi connectivity index (χ4v) is 2.34. The van der Waals surface area contributed by atoms with Gasteiger partial charge in [0, 0.05) is 23.9 Å². The van der Waals surface area contributed by atoms with Crippen LogP contribution in [0, 0.1) is 11.3 Å². The lowest BCUT2D eigenvalue weighted by atomic mass is 10.1. The van der Waals surface area contributed by atoms with E-state index < -0.39 is 0 Å². The van der Waals surface area contributed by atoms with Crippen molar-refractivity contribution in [2.45, 2.75) is 13.5 Å². The quantitative estimate of drug-likeness (QED) is 0.683. The van der Waals surface area contributed by atoms with Gasteiger partial charge in [-0.05, 0) is 36.8 Å². The molecule has 0 aromatic heterocycles. The van der Waals surface area contributed by atoms with E-state index in [0.717, 1.165) is 16.8 Å². The molecule has 0 saturated carbocycles. The second-order valence-corrected chi connectivity index (χ2v) is 5.47. The molecule has 0 radical (unpaired) electrons. The van der Waals surface area contributed by atoms with Gasteiger partial charge >= 0.3 is 0 Å². The molecule has 0 unspecified atom stereocenters. The fourth-order valence-electron chi connectivity index (χ4n) is 2.34. The lowest BCUT2D eigenvalue weighted by Gasteiger charge is -2.10. The first-order chi connectivity index (χ1) is 13.2. The maximum Gasteiger partial charge on any atom is 0.248 e. The number of amides is 1. The van der Waals surface area contributed by atoms with Gasteiger partial charge < -0.3 is 19.5 Å². The number of hydrogen-bond acceptors (Lipinski definition) is 5. The molecule has 0 heterocycles. The van der Waals surface area contributed by atoms with Crippen molar-refractivity contribution in [1.29, 1.82) is 5.26 Å². The van der Waals surface area contributed by atoms with Crippen LogP contribution in [0.4, 0.5) is 5.69 Å². The van der Waals surface area contributed by atoms with Crippen LogP contribution in [0.3, 0.4) is 0 Å². The van der Waals surface area contributed by atoms with E-state index in [-0.39, 0.29) is 12.5 Å². The molecule has 6 heteroatoms. The minimum Gasteiger partial charge on any atom is -0.493 e. The number of methoxy groups -OCH3 is 1. The van der Waals surface area contributed by atoms with E-state index >= 15 is 0 Å². The van der Waals surface area contributed by atoms with Crippen LogP contribution >= 0.6 is 0 Å². The molecule has 0 saturated heterocycles. The Morgan fingerprint density at radius 1 is 1.22 bits per heavy atom. The van der Waals surface area contributed by atoms with Gasteiger partial charge in [0.15, 0.2) is 18.1 Å². The van der Waals surface area contributed by atoms with E-state index in [0.29, 0.717) is 24.7 Å². The summed E-state index contributed by atoms with van der Waals surface area (Å²) in [5, 5.41) is 11.5. The average Bonchev–Trinajstić information content (AvgIpc) is 2.70. The van der Waals surface area contributed by atoms with E-state index in [1.54, 1.807) is 24.3 Å². The molecule has 2 rings (SSSR count). The first kappa shape index (κ1) is 20.0. The van der Waals surface area contributed by atoms with Crippen molar-refractivity contribution in [3.63, 3.8) is 0 Å². The van der Waals surface area contributed by atoms with Crippen molar-refractivity contribution in [1.82, 2.24) is 0 Å². The first-order valence-electron chi connectivity index (χ1n) is 8.50. The predicted octanol–water partition coefficient (Wildman–Crippen LogP) is 3.79. The number of benzene rings is 2. The molecule has 0 bridgehead atoms. The molecule has 27 heavy (non-hydrogen) atoms. The SMILES string of the molecule is CCOCc1ccccc1NC(=O)/C=C/c1ccc(OCC#N)c(OC)c1. The van der Waals surface area contributed by atoms with Gasteiger partial charge in [0.1, 0.15) is 6.07 Å². The second-order valence-electron chi connectivity index (χ2n) is 5.47. The highest BCUT2D eigenvalue weighted by Crippen LogP contribution is 2.28. The van der Waals surface area contributed by atoms with Crippen LogP contribution in [0.2, 0.25) is 0 Å². The van der Waals surface area contributed by atoms with Crippen LogP contribution < -0.4 is 14.8 Å². The topological polar surface area (TPSA) is 80.6 Å². The van der Waals surface area contributed by atoms with Gasteiger partial charge in [-0.2, -0.15) is 5.26 Å². The van der Waals surface area contributed by atoms with Crippen LogP contribution in [-0.2, 0) is 16.1 Å². The minimum atomic E-state index is -0.247. The van der Waals surface area contributed by atoms with E-state index in [4.69, 9.17) is 19.5 Å². The van der Waals surface area contributed by atoms with Crippen molar-refractivity contribution in [2.24, 2.45) is 0 Å². The average molecular weight is 366 g/mol. The Labute approximate surface area is 159 Å². The molecule has 140 valence electrons. The Morgan fingerprint density at radius 3 is 2.78 bits per heavy atom. The van der Waals surface area contributed by atoms with Gasteiger partial charge in [-0.1, -0.05) is 24.3 Å². The largest absolute Gasteiger partial charge is 0.493 e. The number of nitriles is 1. The zero-order valence-corrected chi connectivity index (χ0v) is 15.4. The Morgan fingerprint density at radius 2 is 2.04 bits per heavy atom. The van der Waals surface area contributed by atoms with E-state index in [2.05, 4.69) is 5.32 Å². The molecule has 0 aliphatic heterocycles. The Kier molecular flexibility index (Phi) is 7.89. The van der Waals surface area contributed by atoms with E-state index in [1.807, 2.05) is 37.3 Å². The van der Waals surface area contributed by atoms with Crippen LogP contribution in [-0.4, -0.2) is 26.2 Å². The summed E-state index contributed by atoms with van der Waals surface area (Å²) in [6.45, 7) is 2.92. The van der Waals surface area contributed by atoms with Crippen LogP contribution in [0.1, 0.15) is 18.1 Å². The molecule has 1 amide bonds. The van der Waals surface area contributed by atoms with Crippen LogP contribution in [0.5, 0.6) is 11.5 Å². The molecule has 2 aromatic carbocycles. The number of ether oxygens (including phenoxy) is 3. The van der Waals surface area contributed by atoms with Gasteiger partial charge in [-0.25, -0.2) is 0 Å². The molecule has 2 aromatic rings. The Balaban J connectivity index is 2.06. The van der Waals surface area contributed by atoms with Gasteiger partial charge in [-0.3, -0.25) is 4.79 Å². The standard InChI is InChI=1S/C21H22N2O4/c1-3-26-15-17-6-4-5-7-18(17)23-21(24)11-9-16-8-10-19(27-13-12-22)20(14-16)25-2/h4-11,14H,3,13,15H2,1-2H3,(H,23,24)/b11-9+. The van der Waals surface area contributed by atoms with Gasteiger partial charge in [0.25, 0.3) is 0 Å². The summed E-state index contributed by atoms with van der Waals surface area (Å²) < 4.78 is 16.0. The van der Waals surface area contributed by atoms with Gasteiger partial charge in [0.2, 0.25) is 5.91 Å². The van der Waals surface area contributed by atoms with Gasteiger partial charge in [0.05, 0.1) is 13.7 Å². The number of nitrogens with one attached hydrogen (secondary N) is 1. The van der Waals surface area contributed by atoms with Crippen molar-refractivity contribution < 1.29 is 19.0 Å². The molecular formula is C21H22N2O4. The summed E-state index contributed by atoms with van der Waals surface area (Å²) in [5.74, 6) is 0.725. The zero-order chi connectivity index (χ0) is 19.5. The molecule has 0 fully saturated rings. The maximum absolute atomic E-state index is 12.2. The smallest absolute Gasteiger partial charge is 0.248 e. The lowest BCUT2D eigenvalue weighted by molar-refractivity contribution is -0.111. The lowest BCUT2D eigenvalue weighted by Crippen LogP contribution is -2.10. The summed E-state index contributed by atoms with van der Waals surface area (Å²) >= 11 is 0. The van der Waals surface area contributed by atoms with Crippen molar-refractivity contribution in [3.05, 3.63) is 59.7 Å². The van der Waals surface area contributed by atoms with E-state index in [1.165, 1.54) is 13.2 Å². The Bertz CT molecular complexity index is 840. The molecule has 0 aliphatic carbocycles. The molecule has 0 spiro atoms. The molecular weight excluding hydrogens is 344 g/mol. The van der Waals surface area contributed by atoms with Gasteiger partial charge in [-0.15, -0.1) is 0 Å². The Hall–Kier alpha value is -3.30. The maximum atomic E-state index is 12.2. The summed E-state index contributed by atoms with van der Waals surface area (Å²) in [7, 11) is 1.52. The third-order valence-corrected chi connectivity index (χ3v) is 3.64. The number of para-hydroxylation sites is 1. The summed E-state index contributed by atoms with van der Waals surface area (Å²) in [4.78, 5) is 12.2. The highest BCUT2D eigenvalue weighted by atomic mass is 16.5. The molecule has 0 aliphatic rings. The number of hydrogen-bond donors (Lipinski definition) is 1. The molecule has 6 nitrogen and oxygen atoms in total. The predicted molar refractivity (Wildman–Crippen MR) is 104 cm³/mol. The number of carbonyl (C=O) groups is 1. The number of anilines is 1. The molecule has 1 N–H and O–H groups in total. The normalized spacial score (nSPS) is 10.4. The number of rotatable bonds is 9. The number of carbonyl (C=O) groups excluding carboxylic acids is 1. The highest BCUT2D eigenvalue weighted by Gasteiger charge is 2.06. The monoisotopic (exact) mass is 366 g/mol. The highest BCUT2D eigenvalue weighted by molar-refractivity contribution is 6.02. The van der Waals surface area contributed by atoms with Crippen LogP contribution in [0.15, 0.2) is 48.5 Å². The second kappa shape index (κ2) is 10.6. The zero-order valence-electron chi connectivity index (χ0n) is 15.4. The summed E-state index contributed by atoms with van der Waals surface area (Å²) in [6.07, 6.45) is 3.12. The fraction of sp³-hybridized carbons (Fsp3) is 0.238. The minimum absolute atomic E-state index is 0.0604. The third-order valence-electron chi connectivity index (χ3n) is 3.64. The summed E-state index contributed by atoms with van der Waals surface area (Å²) in [6, 6.07) is 14.6. The first-order valence-corrected chi connectivity index (χ1v) is 8.50. The van der Waals surface area contributed by atoms with Crippen molar-refractivity contribution in [2.75, 3.05) is 25.6 Å². The third kappa shape index (κ3) is 6.17. The van der Waals surface area contributed by atoms with Crippen molar-refractivity contribution in [3.8, 4) is 17.6 Å². The molecule has 0 atom stereocenters. The number of nitrogens with zero attached hydrogens (tertiary/aromatic N) is 1. The van der Waals surface area contributed by atoms with E-state index in [9.17, 15) is 4.79 Å². The van der Waals surface area contributed by atoms with Crippen LogP contribution in [0.25, 0.3) is 6.08 Å². The van der Waals surface area contributed by atoms with Crippen molar-refractivity contribution >= 4 is 17.7 Å². The summed E-state index contributed by atoms with van der Waals surface area (Å²) in [5.41, 5.74) is 2.41.